The number of halogens is 3. The van der Waals surface area contributed by atoms with E-state index in [9.17, 15) is 13.2 Å². The minimum Gasteiger partial charge on any atom is -0.369 e. The highest BCUT2D eigenvalue weighted by Crippen LogP contribution is 2.28. The van der Waals surface area contributed by atoms with Gasteiger partial charge < -0.3 is 4.74 Å². The Morgan fingerprint density at radius 3 is 2.00 bits per heavy atom. The molecule has 0 aromatic heterocycles. The number of ether oxygens (including phenoxy) is 1. The van der Waals surface area contributed by atoms with Gasteiger partial charge >= 0.3 is 6.18 Å². The molecule has 1 atom stereocenters. The Bertz CT molecular complexity index is 151. The minimum atomic E-state index is -4.22. The van der Waals surface area contributed by atoms with E-state index in [1.165, 1.54) is 0 Å². The lowest BCUT2D eigenvalue weighted by Crippen LogP contribution is -2.32. The SMILES string of the molecule is CCC(C)(C)C(C)OCC(F)(F)F. The molecule has 0 radical (unpaired) electrons. The second kappa shape index (κ2) is 4.31. The van der Waals surface area contributed by atoms with E-state index in [4.69, 9.17) is 4.74 Å². The minimum absolute atomic E-state index is 0.203. The fourth-order valence-electron chi connectivity index (χ4n) is 0.733. The molecule has 0 rings (SSSR count). The first-order valence-electron chi connectivity index (χ1n) is 4.37. The Balaban J connectivity index is 3.95. The molecule has 0 saturated heterocycles. The molecule has 0 aliphatic rings. The first-order chi connectivity index (χ1) is 5.69. The van der Waals surface area contributed by atoms with E-state index < -0.39 is 12.8 Å². The van der Waals surface area contributed by atoms with Crippen LogP contribution in [-0.4, -0.2) is 18.9 Å². The highest BCUT2D eigenvalue weighted by Gasteiger charge is 2.32. The summed E-state index contributed by atoms with van der Waals surface area (Å²) in [7, 11) is 0. The van der Waals surface area contributed by atoms with Crippen molar-refractivity contribution in [1.82, 2.24) is 0 Å². The first kappa shape index (κ1) is 12.8. The van der Waals surface area contributed by atoms with Gasteiger partial charge in [-0.05, 0) is 18.8 Å². The Labute approximate surface area is 77.3 Å². The van der Waals surface area contributed by atoms with Crippen LogP contribution >= 0.6 is 0 Å². The summed E-state index contributed by atoms with van der Waals surface area (Å²) in [6.45, 7) is 6.25. The zero-order chi connectivity index (χ0) is 10.7. The van der Waals surface area contributed by atoms with Crippen LogP contribution in [0.25, 0.3) is 0 Å². The molecule has 0 aromatic carbocycles. The largest absolute Gasteiger partial charge is 0.411 e. The summed E-state index contributed by atoms with van der Waals surface area (Å²) < 4.78 is 40.1. The molecule has 0 amide bonds. The number of hydrogen-bond donors (Lipinski definition) is 0. The van der Waals surface area contributed by atoms with Crippen molar-refractivity contribution in [2.45, 2.75) is 46.4 Å². The third-order valence-electron chi connectivity index (χ3n) is 2.51. The number of hydrogen-bond acceptors (Lipinski definition) is 1. The van der Waals surface area contributed by atoms with Crippen molar-refractivity contribution in [2.75, 3.05) is 6.61 Å². The lowest BCUT2D eigenvalue weighted by Gasteiger charge is -2.30. The summed E-state index contributed by atoms with van der Waals surface area (Å²) in [5.41, 5.74) is -0.203. The molecule has 80 valence electrons. The highest BCUT2D eigenvalue weighted by molar-refractivity contribution is 4.74. The average Bonchev–Trinajstić information content (AvgIpc) is 1.98. The van der Waals surface area contributed by atoms with Gasteiger partial charge in [-0.1, -0.05) is 20.8 Å². The predicted octanol–water partition coefficient (Wildman–Crippen LogP) is 3.39. The van der Waals surface area contributed by atoms with E-state index in [0.717, 1.165) is 6.42 Å². The van der Waals surface area contributed by atoms with Crippen molar-refractivity contribution in [1.29, 1.82) is 0 Å². The second-order valence-corrected chi connectivity index (χ2v) is 3.91. The van der Waals surface area contributed by atoms with E-state index in [1.807, 2.05) is 20.8 Å². The summed E-state index contributed by atoms with van der Waals surface area (Å²) in [5, 5.41) is 0. The van der Waals surface area contributed by atoms with Gasteiger partial charge in [0.25, 0.3) is 0 Å². The zero-order valence-corrected chi connectivity index (χ0v) is 8.53. The summed E-state index contributed by atoms with van der Waals surface area (Å²) in [4.78, 5) is 0. The number of rotatable bonds is 4. The topological polar surface area (TPSA) is 9.23 Å². The third-order valence-corrected chi connectivity index (χ3v) is 2.51. The van der Waals surface area contributed by atoms with Gasteiger partial charge in [0.15, 0.2) is 0 Å². The molecule has 1 unspecified atom stereocenters. The van der Waals surface area contributed by atoms with Crippen molar-refractivity contribution in [3.8, 4) is 0 Å². The Kier molecular flexibility index (Phi) is 4.23. The molecule has 0 aliphatic carbocycles. The second-order valence-electron chi connectivity index (χ2n) is 3.91. The predicted molar refractivity (Wildman–Crippen MR) is 45.5 cm³/mol. The molecule has 13 heavy (non-hydrogen) atoms. The van der Waals surface area contributed by atoms with Gasteiger partial charge in [-0.2, -0.15) is 13.2 Å². The van der Waals surface area contributed by atoms with Crippen molar-refractivity contribution < 1.29 is 17.9 Å². The van der Waals surface area contributed by atoms with Crippen LogP contribution in [0.15, 0.2) is 0 Å². The monoisotopic (exact) mass is 198 g/mol. The summed E-state index contributed by atoms with van der Waals surface area (Å²) >= 11 is 0. The Morgan fingerprint density at radius 1 is 1.23 bits per heavy atom. The summed E-state index contributed by atoms with van der Waals surface area (Å²) in [6.07, 6.45) is -3.80. The molecule has 0 spiro atoms. The van der Waals surface area contributed by atoms with Crippen LogP contribution in [0.1, 0.15) is 34.1 Å². The van der Waals surface area contributed by atoms with Crippen LogP contribution < -0.4 is 0 Å². The third kappa shape index (κ3) is 5.13. The lowest BCUT2D eigenvalue weighted by molar-refractivity contribution is -0.193. The Morgan fingerprint density at radius 2 is 1.69 bits per heavy atom. The molecule has 0 fully saturated rings. The fraction of sp³-hybridized carbons (Fsp3) is 1.00. The maximum absolute atomic E-state index is 11.8. The fourth-order valence-corrected chi connectivity index (χ4v) is 0.733. The van der Waals surface area contributed by atoms with Crippen LogP contribution in [0, 0.1) is 5.41 Å². The summed E-state index contributed by atoms with van der Waals surface area (Å²) in [5.74, 6) is 0. The summed E-state index contributed by atoms with van der Waals surface area (Å²) in [6, 6.07) is 0. The van der Waals surface area contributed by atoms with Gasteiger partial charge in [0, 0.05) is 0 Å². The Hall–Kier alpha value is -0.250. The van der Waals surface area contributed by atoms with Crippen LogP contribution in [0.2, 0.25) is 0 Å². The molecule has 0 heterocycles. The normalized spacial score (nSPS) is 15.9. The van der Waals surface area contributed by atoms with E-state index in [1.54, 1.807) is 6.92 Å². The van der Waals surface area contributed by atoms with Gasteiger partial charge in [-0.15, -0.1) is 0 Å². The van der Waals surface area contributed by atoms with Crippen LogP contribution in [-0.2, 0) is 4.74 Å². The van der Waals surface area contributed by atoms with Gasteiger partial charge in [0.2, 0.25) is 0 Å². The zero-order valence-electron chi connectivity index (χ0n) is 8.53. The van der Waals surface area contributed by atoms with Crippen molar-refractivity contribution >= 4 is 0 Å². The maximum atomic E-state index is 11.8. The standard InChI is InChI=1S/C9H17F3O/c1-5-8(3,4)7(2)13-6-9(10,11)12/h7H,5-6H2,1-4H3. The lowest BCUT2D eigenvalue weighted by atomic mass is 9.85. The number of alkyl halides is 3. The molecule has 0 aromatic rings. The van der Waals surface area contributed by atoms with Gasteiger partial charge in [-0.25, -0.2) is 0 Å². The average molecular weight is 198 g/mol. The highest BCUT2D eigenvalue weighted by atomic mass is 19.4. The van der Waals surface area contributed by atoms with E-state index in [2.05, 4.69) is 0 Å². The van der Waals surface area contributed by atoms with Crippen LogP contribution in [0.4, 0.5) is 13.2 Å². The molecule has 0 aliphatic heterocycles. The molecule has 0 bridgehead atoms. The van der Waals surface area contributed by atoms with E-state index in [-0.39, 0.29) is 11.5 Å². The molecule has 0 saturated carbocycles. The smallest absolute Gasteiger partial charge is 0.369 e. The van der Waals surface area contributed by atoms with E-state index in [0.29, 0.717) is 0 Å². The van der Waals surface area contributed by atoms with Crippen LogP contribution in [0.5, 0.6) is 0 Å². The molecular weight excluding hydrogens is 181 g/mol. The molecule has 4 heteroatoms. The van der Waals surface area contributed by atoms with Gasteiger partial charge in [0.1, 0.15) is 6.61 Å². The van der Waals surface area contributed by atoms with Crippen LogP contribution in [0.3, 0.4) is 0 Å². The van der Waals surface area contributed by atoms with Gasteiger partial charge in [-0.3, -0.25) is 0 Å². The maximum Gasteiger partial charge on any atom is 0.411 e. The molecule has 0 N–H and O–H groups in total. The molecular formula is C9H17F3O. The molecule has 1 nitrogen and oxygen atoms in total. The van der Waals surface area contributed by atoms with Crippen molar-refractivity contribution in [3.05, 3.63) is 0 Å². The van der Waals surface area contributed by atoms with Gasteiger partial charge in [0.05, 0.1) is 6.10 Å². The van der Waals surface area contributed by atoms with Crippen molar-refractivity contribution in [2.24, 2.45) is 5.41 Å². The van der Waals surface area contributed by atoms with Crippen molar-refractivity contribution in [3.63, 3.8) is 0 Å². The quantitative estimate of drug-likeness (QED) is 0.672. The van der Waals surface area contributed by atoms with E-state index >= 15 is 0 Å². The first-order valence-corrected chi connectivity index (χ1v) is 4.37.